The van der Waals surface area contributed by atoms with Crippen molar-refractivity contribution in [3.63, 3.8) is 0 Å². The summed E-state index contributed by atoms with van der Waals surface area (Å²) in [5.74, 6) is 0. The number of rotatable bonds is 10. The zero-order chi connectivity index (χ0) is 15.1. The van der Waals surface area contributed by atoms with Gasteiger partial charge in [-0.25, -0.2) is 0 Å². The molecule has 116 valence electrons. The van der Waals surface area contributed by atoms with Gasteiger partial charge in [0.15, 0.2) is 17.4 Å². The minimum atomic E-state index is -2.64. The Morgan fingerprint density at radius 3 is 1.53 bits per heavy atom. The fourth-order valence-electron chi connectivity index (χ4n) is 2.24. The molecule has 0 saturated carbocycles. The van der Waals surface area contributed by atoms with E-state index in [0.29, 0.717) is 19.8 Å². The highest BCUT2D eigenvalue weighted by molar-refractivity contribution is 6.90. The van der Waals surface area contributed by atoms with E-state index in [9.17, 15) is 0 Å². The molecule has 1 atom stereocenters. The molecule has 1 unspecified atom stereocenters. The summed E-state index contributed by atoms with van der Waals surface area (Å²) in [4.78, 5) is 0. The Balaban J connectivity index is 5.20. The molecule has 0 aromatic heterocycles. The fraction of sp³-hybridized carbons (Fsp3) is 1.00. The fourth-order valence-corrected chi connectivity index (χ4v) is 14.9. The molecule has 0 amide bonds. The molecule has 0 N–H and O–H groups in total. The largest absolute Gasteiger partial charge is 0.503 e. The molecule has 0 heterocycles. The molecule has 0 fully saturated rings. The predicted molar refractivity (Wildman–Crippen MR) is 87.5 cm³/mol. The highest BCUT2D eigenvalue weighted by atomic mass is 28.5. The van der Waals surface area contributed by atoms with Crippen LogP contribution in [0, 0.1) is 0 Å². The molecule has 19 heavy (non-hydrogen) atoms. The molecule has 0 aromatic carbocycles. The molecule has 0 bridgehead atoms. The van der Waals surface area contributed by atoms with E-state index in [0.717, 1.165) is 0 Å². The van der Waals surface area contributed by atoms with E-state index in [1.54, 1.807) is 0 Å². The van der Waals surface area contributed by atoms with Gasteiger partial charge in [-0.1, -0.05) is 6.92 Å². The summed E-state index contributed by atoms with van der Waals surface area (Å²) in [6.45, 7) is 19.0. The number of hydrogen-bond donors (Lipinski definition) is 0. The van der Waals surface area contributed by atoms with Crippen LogP contribution in [0.5, 0.6) is 0 Å². The zero-order valence-electron chi connectivity index (χ0n) is 13.9. The topological polar surface area (TPSA) is 36.9 Å². The standard InChI is InChI=1S/C12H32O4Si3/c1-9-13-19(14-10-2,15-11-3)12(4)18(7,8)16-17(5)6/h12,17H,9-11H2,1-8H3. The van der Waals surface area contributed by atoms with Crippen LogP contribution < -0.4 is 0 Å². The first-order valence-electron chi connectivity index (χ1n) is 7.35. The van der Waals surface area contributed by atoms with Gasteiger partial charge in [-0.05, 0) is 47.0 Å². The molecular weight excluding hydrogens is 292 g/mol. The summed E-state index contributed by atoms with van der Waals surface area (Å²) >= 11 is 0. The summed E-state index contributed by atoms with van der Waals surface area (Å²) in [5, 5.41) is 0.245. The Kier molecular flexibility index (Phi) is 8.93. The Bertz CT molecular complexity index is 232. The van der Waals surface area contributed by atoms with E-state index in [1.165, 1.54) is 0 Å². The predicted octanol–water partition coefficient (Wildman–Crippen LogP) is 3.17. The van der Waals surface area contributed by atoms with E-state index >= 15 is 0 Å². The molecule has 0 radical (unpaired) electrons. The van der Waals surface area contributed by atoms with E-state index in [1.807, 2.05) is 20.8 Å². The summed E-state index contributed by atoms with van der Waals surface area (Å²) in [5.41, 5.74) is 0. The van der Waals surface area contributed by atoms with Gasteiger partial charge in [-0.15, -0.1) is 0 Å². The van der Waals surface area contributed by atoms with Gasteiger partial charge < -0.3 is 17.4 Å². The van der Waals surface area contributed by atoms with Crippen molar-refractivity contribution in [3.8, 4) is 0 Å². The molecule has 0 rings (SSSR count). The third-order valence-corrected chi connectivity index (χ3v) is 15.8. The number of hydrogen-bond acceptors (Lipinski definition) is 4. The zero-order valence-corrected chi connectivity index (χ0v) is 17.1. The van der Waals surface area contributed by atoms with E-state index in [-0.39, 0.29) is 5.16 Å². The van der Waals surface area contributed by atoms with Gasteiger partial charge in [0, 0.05) is 25.0 Å². The van der Waals surface area contributed by atoms with Crippen molar-refractivity contribution >= 4 is 26.2 Å². The van der Waals surface area contributed by atoms with Crippen LogP contribution in [0.4, 0.5) is 0 Å². The maximum Gasteiger partial charge on any atom is 0.503 e. The molecule has 0 saturated heterocycles. The van der Waals surface area contributed by atoms with E-state index < -0.39 is 26.2 Å². The van der Waals surface area contributed by atoms with Crippen molar-refractivity contribution in [1.82, 2.24) is 0 Å². The van der Waals surface area contributed by atoms with Gasteiger partial charge in [-0.3, -0.25) is 0 Å². The van der Waals surface area contributed by atoms with Crippen LogP contribution in [0.25, 0.3) is 0 Å². The maximum atomic E-state index is 6.32. The van der Waals surface area contributed by atoms with Gasteiger partial charge in [0.25, 0.3) is 0 Å². The lowest BCUT2D eigenvalue weighted by atomic mass is 10.9. The Labute approximate surface area is 123 Å². The van der Waals surface area contributed by atoms with Gasteiger partial charge in [0.1, 0.15) is 0 Å². The molecule has 0 aliphatic carbocycles. The smallest absolute Gasteiger partial charge is 0.458 e. The summed E-state index contributed by atoms with van der Waals surface area (Å²) in [6, 6.07) is 0. The van der Waals surface area contributed by atoms with Crippen molar-refractivity contribution in [2.45, 2.75) is 59.0 Å². The molecule has 0 aliphatic rings. The minimum Gasteiger partial charge on any atom is -0.458 e. The first-order valence-corrected chi connectivity index (χ1v) is 14.9. The van der Waals surface area contributed by atoms with Gasteiger partial charge in [-0.2, -0.15) is 0 Å². The summed E-state index contributed by atoms with van der Waals surface area (Å²) < 4.78 is 24.3. The second kappa shape index (κ2) is 8.71. The Morgan fingerprint density at radius 2 is 1.26 bits per heavy atom. The van der Waals surface area contributed by atoms with Crippen LogP contribution >= 0.6 is 0 Å². The average Bonchev–Trinajstić information content (AvgIpc) is 2.27. The normalized spacial score (nSPS) is 15.0. The van der Waals surface area contributed by atoms with Crippen LogP contribution in [-0.4, -0.2) is 46.0 Å². The second-order valence-corrected chi connectivity index (χ2v) is 16.0. The maximum absolute atomic E-state index is 6.32. The van der Waals surface area contributed by atoms with Crippen molar-refractivity contribution in [1.29, 1.82) is 0 Å². The lowest BCUT2D eigenvalue weighted by molar-refractivity contribution is 0.0676. The molecule has 0 spiro atoms. The van der Waals surface area contributed by atoms with E-state index in [2.05, 4.69) is 33.1 Å². The van der Waals surface area contributed by atoms with Crippen LogP contribution in [0.2, 0.25) is 31.4 Å². The first-order chi connectivity index (χ1) is 8.75. The minimum absolute atomic E-state index is 0.245. The molecule has 0 aliphatic heterocycles. The van der Waals surface area contributed by atoms with Crippen molar-refractivity contribution in [2.75, 3.05) is 19.8 Å². The second-order valence-electron chi connectivity index (χ2n) is 5.39. The van der Waals surface area contributed by atoms with Gasteiger partial charge >= 0.3 is 8.80 Å². The van der Waals surface area contributed by atoms with Gasteiger partial charge in [0.05, 0.1) is 0 Å². The third-order valence-electron chi connectivity index (χ3n) is 3.15. The molecule has 4 nitrogen and oxygen atoms in total. The van der Waals surface area contributed by atoms with Crippen LogP contribution in [-0.2, 0) is 17.4 Å². The SMILES string of the molecule is CCO[Si](OCC)(OCC)C(C)[Si](C)(C)O[SiH](C)C. The lowest BCUT2D eigenvalue weighted by Crippen LogP contribution is -2.59. The first kappa shape index (κ1) is 19.5. The Morgan fingerprint density at radius 1 is 0.895 bits per heavy atom. The molecule has 7 heteroatoms. The monoisotopic (exact) mass is 324 g/mol. The molecular formula is C12H32O4Si3. The highest BCUT2D eigenvalue weighted by Crippen LogP contribution is 2.35. The quantitative estimate of drug-likeness (QED) is 0.578. The van der Waals surface area contributed by atoms with Crippen LogP contribution in [0.3, 0.4) is 0 Å². The lowest BCUT2D eigenvalue weighted by Gasteiger charge is -2.41. The average molecular weight is 325 g/mol. The van der Waals surface area contributed by atoms with E-state index in [4.69, 9.17) is 17.4 Å². The molecule has 0 aromatic rings. The van der Waals surface area contributed by atoms with Gasteiger partial charge in [0.2, 0.25) is 0 Å². The van der Waals surface area contributed by atoms with Crippen LogP contribution in [0.1, 0.15) is 27.7 Å². The Hall–Kier alpha value is 0.491. The summed E-state index contributed by atoms with van der Waals surface area (Å²) in [6.07, 6.45) is 0. The van der Waals surface area contributed by atoms with Crippen molar-refractivity contribution < 1.29 is 17.4 Å². The van der Waals surface area contributed by atoms with Crippen molar-refractivity contribution in [2.24, 2.45) is 0 Å². The summed E-state index contributed by atoms with van der Waals surface area (Å²) in [7, 11) is -5.58. The highest BCUT2D eigenvalue weighted by Gasteiger charge is 2.54. The van der Waals surface area contributed by atoms with Crippen LogP contribution in [0.15, 0.2) is 0 Å². The third kappa shape index (κ3) is 5.78. The van der Waals surface area contributed by atoms with Crippen molar-refractivity contribution in [3.05, 3.63) is 0 Å².